The standard InChI is InChI=1S/C34H35NO4/c1-35(20-22-11-12-22)18-17-33-30-24-13-14-27(36)31(30)39-32(33)28(37)15-16-34(33,29(35)19-24)38-21-25-9-5-6-10-26(25)23-7-3-2-4-8-23/h2-10,13-14,22,29,32H,11-12,15-21H2,1H3/p+1/t29?,32?,33-,34?,35+/m0/s1. The summed E-state index contributed by atoms with van der Waals surface area (Å²) >= 11 is 0. The maximum absolute atomic E-state index is 13.6. The van der Waals surface area contributed by atoms with Crippen LogP contribution < -0.4 is 4.74 Å². The molecule has 2 heterocycles. The number of hydrogen-bond acceptors (Lipinski definition) is 4. The third kappa shape index (κ3) is 3.17. The van der Waals surface area contributed by atoms with Crippen molar-refractivity contribution in [3.63, 3.8) is 0 Å². The summed E-state index contributed by atoms with van der Waals surface area (Å²) in [5.74, 6) is 1.62. The van der Waals surface area contributed by atoms with Crippen LogP contribution in [0.3, 0.4) is 0 Å². The maximum atomic E-state index is 13.6. The number of ether oxygens (including phenoxy) is 2. The monoisotopic (exact) mass is 522 g/mol. The van der Waals surface area contributed by atoms with Crippen LogP contribution in [0.25, 0.3) is 11.1 Å². The fourth-order valence-corrected chi connectivity index (χ4v) is 8.95. The van der Waals surface area contributed by atoms with Crippen molar-refractivity contribution in [3.05, 3.63) is 83.4 Å². The molecular weight excluding hydrogens is 486 g/mol. The molecule has 1 N–H and O–H groups in total. The van der Waals surface area contributed by atoms with Crippen LogP contribution >= 0.6 is 0 Å². The lowest BCUT2D eigenvalue weighted by molar-refractivity contribution is -0.950. The first kappa shape index (κ1) is 23.7. The summed E-state index contributed by atoms with van der Waals surface area (Å²) in [6.45, 7) is 2.66. The van der Waals surface area contributed by atoms with Crippen LogP contribution in [0.5, 0.6) is 11.5 Å². The van der Waals surface area contributed by atoms with E-state index in [9.17, 15) is 9.90 Å². The van der Waals surface area contributed by atoms with Gasteiger partial charge in [0.2, 0.25) is 0 Å². The van der Waals surface area contributed by atoms with Crippen molar-refractivity contribution in [1.29, 1.82) is 0 Å². The molecule has 3 aromatic carbocycles. The third-order valence-electron chi connectivity index (χ3n) is 10.8. The van der Waals surface area contributed by atoms with Gasteiger partial charge in [-0.15, -0.1) is 0 Å². The zero-order valence-electron chi connectivity index (χ0n) is 22.6. The topological polar surface area (TPSA) is 55.8 Å². The fourth-order valence-electron chi connectivity index (χ4n) is 8.95. The molecule has 5 aliphatic rings. The number of piperidine rings is 1. The van der Waals surface area contributed by atoms with E-state index in [1.807, 2.05) is 6.07 Å². The van der Waals surface area contributed by atoms with E-state index in [4.69, 9.17) is 9.47 Å². The second kappa shape index (κ2) is 8.18. The molecule has 5 nitrogen and oxygen atoms in total. The molecular formula is C34H36NO4+. The first-order valence-corrected chi connectivity index (χ1v) is 14.6. The zero-order valence-corrected chi connectivity index (χ0v) is 22.6. The van der Waals surface area contributed by atoms with Gasteiger partial charge < -0.3 is 19.1 Å². The van der Waals surface area contributed by atoms with Crippen LogP contribution in [-0.4, -0.2) is 53.3 Å². The van der Waals surface area contributed by atoms with Crippen LogP contribution in [0, 0.1) is 5.92 Å². The highest BCUT2D eigenvalue weighted by Gasteiger charge is 2.77. The molecule has 1 spiro atoms. The number of rotatable bonds is 6. The lowest BCUT2D eigenvalue weighted by Crippen LogP contribution is -2.81. The van der Waals surface area contributed by atoms with Crippen molar-refractivity contribution in [1.82, 2.24) is 0 Å². The number of quaternary nitrogens is 1. The SMILES string of the molecule is C[N@+]1(CC2CC2)CC[C@]23c4c5ccc(O)c4OC2C(=O)CCC3(OCc2ccccc2-c2ccccc2)C1C5. The Hall–Kier alpha value is -3.15. The maximum Gasteiger partial charge on any atom is 0.174 e. The summed E-state index contributed by atoms with van der Waals surface area (Å²) in [6.07, 6.45) is 4.94. The highest BCUT2D eigenvalue weighted by Crippen LogP contribution is 2.67. The quantitative estimate of drug-likeness (QED) is 0.431. The number of likely N-dealkylation sites (tertiary alicyclic amines) is 1. The molecule has 0 aromatic heterocycles. The average Bonchev–Trinajstić information content (AvgIpc) is 3.69. The van der Waals surface area contributed by atoms with Crippen molar-refractivity contribution in [2.24, 2.45) is 5.92 Å². The Bertz CT molecular complexity index is 1480. The molecule has 2 bridgehead atoms. The minimum absolute atomic E-state index is 0.146. The normalized spacial score (nSPS) is 33.9. The highest BCUT2D eigenvalue weighted by atomic mass is 16.5. The first-order valence-electron chi connectivity index (χ1n) is 14.6. The minimum Gasteiger partial charge on any atom is -0.504 e. The molecule has 39 heavy (non-hydrogen) atoms. The Labute approximate surface area is 230 Å². The molecule has 8 rings (SSSR count). The molecule has 3 unspecified atom stereocenters. The van der Waals surface area contributed by atoms with E-state index in [1.165, 1.54) is 41.6 Å². The van der Waals surface area contributed by atoms with E-state index < -0.39 is 17.1 Å². The number of hydrogen-bond donors (Lipinski definition) is 1. The van der Waals surface area contributed by atoms with Gasteiger partial charge in [0, 0.05) is 30.7 Å². The van der Waals surface area contributed by atoms with Gasteiger partial charge in [0.25, 0.3) is 0 Å². The van der Waals surface area contributed by atoms with Gasteiger partial charge in [-0.2, -0.15) is 0 Å². The van der Waals surface area contributed by atoms with Gasteiger partial charge in [-0.3, -0.25) is 4.79 Å². The van der Waals surface area contributed by atoms with E-state index >= 15 is 0 Å². The Kier molecular flexibility index (Phi) is 4.98. The predicted octanol–water partition coefficient (Wildman–Crippen LogP) is 5.56. The third-order valence-corrected chi connectivity index (χ3v) is 10.8. The van der Waals surface area contributed by atoms with Crippen molar-refractivity contribution < 1.29 is 23.9 Å². The number of aromatic hydroxyl groups is 1. The van der Waals surface area contributed by atoms with Crippen molar-refractivity contribution in [2.75, 3.05) is 20.1 Å². The molecule has 2 saturated carbocycles. The number of likely N-dealkylation sites (N-methyl/N-ethyl adjacent to an activating group) is 1. The smallest absolute Gasteiger partial charge is 0.174 e. The molecule has 0 amide bonds. The van der Waals surface area contributed by atoms with Gasteiger partial charge in [0.05, 0.1) is 32.2 Å². The number of phenolic OH excluding ortho intramolecular Hbond substituents is 1. The van der Waals surface area contributed by atoms with Gasteiger partial charge in [-0.25, -0.2) is 0 Å². The molecule has 5 heteroatoms. The number of carbonyl (C=O) groups is 1. The predicted molar refractivity (Wildman–Crippen MR) is 149 cm³/mol. The largest absolute Gasteiger partial charge is 0.504 e. The Morgan fingerprint density at radius 2 is 1.82 bits per heavy atom. The van der Waals surface area contributed by atoms with Gasteiger partial charge in [0.15, 0.2) is 23.4 Å². The Morgan fingerprint density at radius 3 is 2.64 bits per heavy atom. The number of phenols is 1. The summed E-state index contributed by atoms with van der Waals surface area (Å²) in [5.41, 5.74) is 4.73. The van der Waals surface area contributed by atoms with E-state index in [0.717, 1.165) is 35.4 Å². The summed E-state index contributed by atoms with van der Waals surface area (Å²) in [7, 11) is 2.44. The molecule has 1 saturated heterocycles. The van der Waals surface area contributed by atoms with E-state index in [-0.39, 0.29) is 17.6 Å². The van der Waals surface area contributed by atoms with Gasteiger partial charge >= 0.3 is 0 Å². The average molecular weight is 523 g/mol. The van der Waals surface area contributed by atoms with E-state index in [1.54, 1.807) is 6.07 Å². The molecule has 200 valence electrons. The van der Waals surface area contributed by atoms with Crippen molar-refractivity contribution in [3.8, 4) is 22.6 Å². The summed E-state index contributed by atoms with van der Waals surface area (Å²) in [6, 6.07) is 23.1. The summed E-state index contributed by atoms with van der Waals surface area (Å²) in [4.78, 5) is 13.6. The number of carbonyl (C=O) groups excluding carboxylic acids is 1. The second-order valence-electron chi connectivity index (χ2n) is 12.9. The summed E-state index contributed by atoms with van der Waals surface area (Å²) in [5, 5.41) is 10.9. The first-order chi connectivity index (χ1) is 19.0. The Balaban J connectivity index is 1.28. The number of ketones is 1. The fraction of sp³-hybridized carbons (Fsp3) is 0.441. The number of nitrogens with zero attached hydrogens (tertiary/aromatic N) is 1. The molecule has 5 atom stereocenters. The summed E-state index contributed by atoms with van der Waals surface area (Å²) < 4.78 is 14.9. The van der Waals surface area contributed by atoms with E-state index in [2.05, 4.69) is 61.6 Å². The lowest BCUT2D eigenvalue weighted by Gasteiger charge is -2.66. The Morgan fingerprint density at radius 1 is 1.03 bits per heavy atom. The van der Waals surface area contributed by atoms with Crippen LogP contribution in [0.1, 0.15) is 48.8 Å². The molecule has 3 aliphatic carbocycles. The van der Waals surface area contributed by atoms with Gasteiger partial charge in [-0.05, 0) is 47.6 Å². The zero-order chi connectivity index (χ0) is 26.4. The number of benzene rings is 3. The van der Waals surface area contributed by atoms with Crippen molar-refractivity contribution in [2.45, 2.75) is 68.3 Å². The van der Waals surface area contributed by atoms with Crippen LogP contribution in [0.15, 0.2) is 66.7 Å². The minimum atomic E-state index is -0.588. The number of Topliss-reactive ketones (excluding diaryl/α,β-unsaturated/α-hetero) is 1. The molecule has 2 aliphatic heterocycles. The van der Waals surface area contributed by atoms with E-state index in [0.29, 0.717) is 25.2 Å². The molecule has 0 radical (unpaired) electrons. The van der Waals surface area contributed by atoms with Crippen LogP contribution in [0.2, 0.25) is 0 Å². The highest BCUT2D eigenvalue weighted by molar-refractivity contribution is 5.90. The molecule has 3 fully saturated rings. The van der Waals surface area contributed by atoms with Gasteiger partial charge in [-0.1, -0.05) is 60.7 Å². The van der Waals surface area contributed by atoms with Crippen LogP contribution in [0.4, 0.5) is 0 Å². The van der Waals surface area contributed by atoms with Crippen molar-refractivity contribution >= 4 is 5.78 Å². The van der Waals surface area contributed by atoms with Gasteiger partial charge in [0.1, 0.15) is 11.6 Å². The lowest BCUT2D eigenvalue weighted by atomic mass is 9.48. The van der Waals surface area contributed by atoms with Crippen LogP contribution in [-0.2, 0) is 28.0 Å². The molecule has 3 aromatic rings. The second-order valence-corrected chi connectivity index (χ2v) is 12.9.